The van der Waals surface area contributed by atoms with Crippen molar-refractivity contribution in [3.8, 4) is 0 Å². The summed E-state index contributed by atoms with van der Waals surface area (Å²) in [4.78, 5) is 27.0. The Labute approximate surface area is 141 Å². The summed E-state index contributed by atoms with van der Waals surface area (Å²) in [5, 5.41) is 21.7. The predicted molar refractivity (Wildman–Crippen MR) is 85.2 cm³/mol. The number of carboxylic acids is 1. The van der Waals surface area contributed by atoms with Gasteiger partial charge in [0.15, 0.2) is 5.82 Å². The van der Waals surface area contributed by atoms with Crippen molar-refractivity contribution in [2.75, 3.05) is 6.54 Å². The minimum atomic E-state index is -0.922. The van der Waals surface area contributed by atoms with Crippen molar-refractivity contribution < 1.29 is 14.7 Å². The minimum Gasteiger partial charge on any atom is -0.480 e. The van der Waals surface area contributed by atoms with Gasteiger partial charge in [-0.15, -0.1) is 10.2 Å². The lowest BCUT2D eigenvalue weighted by Crippen LogP contribution is -2.42. The molecule has 1 aliphatic carbocycles. The third-order valence-corrected chi connectivity index (χ3v) is 5.18. The number of hydrogen-bond acceptors (Lipinski definition) is 5. The topological polar surface area (TPSA) is 101 Å². The number of tetrazole rings is 1. The SMILES string of the molecule is CC(C)(C)c1nnn(CC(=O)N2CC3(CCCC3)CC2C(=O)O)n1. The number of carboxylic acid groups (broad SMARTS) is 1. The first-order valence-corrected chi connectivity index (χ1v) is 8.51. The Morgan fingerprint density at radius 3 is 2.50 bits per heavy atom. The molecule has 1 amide bonds. The maximum atomic E-state index is 12.7. The van der Waals surface area contributed by atoms with Gasteiger partial charge in [0, 0.05) is 12.0 Å². The van der Waals surface area contributed by atoms with Gasteiger partial charge >= 0.3 is 5.97 Å². The zero-order valence-electron chi connectivity index (χ0n) is 14.5. The zero-order valence-corrected chi connectivity index (χ0v) is 14.5. The van der Waals surface area contributed by atoms with Crippen molar-refractivity contribution in [1.29, 1.82) is 0 Å². The number of likely N-dealkylation sites (tertiary alicyclic amines) is 1. The van der Waals surface area contributed by atoms with Crippen molar-refractivity contribution in [2.45, 2.75) is 70.9 Å². The van der Waals surface area contributed by atoms with Crippen LogP contribution in [0.15, 0.2) is 0 Å². The van der Waals surface area contributed by atoms with Gasteiger partial charge in [0.1, 0.15) is 12.6 Å². The van der Waals surface area contributed by atoms with E-state index in [2.05, 4.69) is 15.4 Å². The molecule has 3 rings (SSSR count). The number of carbonyl (C=O) groups excluding carboxylic acids is 1. The lowest BCUT2D eigenvalue weighted by Gasteiger charge is -2.23. The van der Waals surface area contributed by atoms with Crippen LogP contribution in [-0.2, 0) is 21.5 Å². The second kappa shape index (κ2) is 5.82. The first-order valence-electron chi connectivity index (χ1n) is 8.51. The van der Waals surface area contributed by atoms with Gasteiger partial charge in [0.25, 0.3) is 0 Å². The predicted octanol–water partition coefficient (Wildman–Crippen LogP) is 1.22. The van der Waals surface area contributed by atoms with Crippen molar-refractivity contribution in [2.24, 2.45) is 5.41 Å². The van der Waals surface area contributed by atoms with Crippen molar-refractivity contribution in [3.63, 3.8) is 0 Å². The van der Waals surface area contributed by atoms with Crippen LogP contribution in [0.1, 0.15) is 58.7 Å². The quantitative estimate of drug-likeness (QED) is 0.891. The number of aliphatic carboxylic acids is 1. The van der Waals surface area contributed by atoms with Crippen molar-refractivity contribution in [3.05, 3.63) is 5.82 Å². The number of nitrogens with zero attached hydrogens (tertiary/aromatic N) is 5. The fourth-order valence-electron chi connectivity index (χ4n) is 3.85. The summed E-state index contributed by atoms with van der Waals surface area (Å²) < 4.78 is 0. The molecule has 8 nitrogen and oxygen atoms in total. The molecule has 0 radical (unpaired) electrons. The average molecular weight is 335 g/mol. The molecule has 1 saturated heterocycles. The van der Waals surface area contributed by atoms with Crippen LogP contribution in [-0.4, -0.2) is 54.7 Å². The van der Waals surface area contributed by atoms with Crippen molar-refractivity contribution >= 4 is 11.9 Å². The number of carbonyl (C=O) groups is 2. The van der Waals surface area contributed by atoms with Crippen LogP contribution in [0.5, 0.6) is 0 Å². The maximum Gasteiger partial charge on any atom is 0.326 e. The zero-order chi connectivity index (χ0) is 17.5. The Bertz CT molecular complexity index is 642. The number of aromatic nitrogens is 4. The van der Waals surface area contributed by atoms with Crippen molar-refractivity contribution in [1.82, 2.24) is 25.1 Å². The third kappa shape index (κ3) is 3.14. The Kier molecular flexibility index (Phi) is 4.09. The molecular weight excluding hydrogens is 310 g/mol. The average Bonchev–Trinajstić information content (AvgIpc) is 3.19. The van der Waals surface area contributed by atoms with Crippen LogP contribution in [0, 0.1) is 5.41 Å². The second-order valence-electron chi connectivity index (χ2n) is 8.18. The van der Waals surface area contributed by atoms with E-state index in [1.54, 1.807) is 0 Å². The molecule has 1 spiro atoms. The summed E-state index contributed by atoms with van der Waals surface area (Å²) in [5.41, 5.74) is -0.252. The van der Waals surface area contributed by atoms with Crippen LogP contribution in [0.4, 0.5) is 0 Å². The highest BCUT2D eigenvalue weighted by molar-refractivity contribution is 5.84. The Balaban J connectivity index is 1.73. The smallest absolute Gasteiger partial charge is 0.326 e. The summed E-state index contributed by atoms with van der Waals surface area (Å²) >= 11 is 0. The highest BCUT2D eigenvalue weighted by Crippen LogP contribution is 2.47. The van der Waals surface area contributed by atoms with Gasteiger partial charge in [-0.2, -0.15) is 4.80 Å². The van der Waals surface area contributed by atoms with E-state index in [4.69, 9.17) is 0 Å². The molecule has 1 aromatic rings. The number of hydrogen-bond donors (Lipinski definition) is 1. The van der Waals surface area contributed by atoms with Gasteiger partial charge in [-0.05, 0) is 29.9 Å². The third-order valence-electron chi connectivity index (χ3n) is 5.18. The molecule has 2 aliphatic rings. The first kappa shape index (κ1) is 16.9. The van der Waals surface area contributed by atoms with E-state index in [0.717, 1.165) is 25.7 Å². The van der Waals surface area contributed by atoms with E-state index in [1.165, 1.54) is 9.70 Å². The lowest BCUT2D eigenvalue weighted by molar-refractivity contribution is -0.148. The van der Waals surface area contributed by atoms with Crippen LogP contribution < -0.4 is 0 Å². The highest BCUT2D eigenvalue weighted by atomic mass is 16.4. The van der Waals surface area contributed by atoms with Gasteiger partial charge < -0.3 is 10.0 Å². The van der Waals surface area contributed by atoms with Gasteiger partial charge in [0.05, 0.1) is 0 Å². The van der Waals surface area contributed by atoms with Gasteiger partial charge in [-0.1, -0.05) is 33.6 Å². The molecule has 1 N–H and O–H groups in total. The molecule has 2 fully saturated rings. The van der Waals surface area contributed by atoms with E-state index >= 15 is 0 Å². The molecule has 1 unspecified atom stereocenters. The van der Waals surface area contributed by atoms with Gasteiger partial charge in [-0.25, -0.2) is 4.79 Å². The van der Waals surface area contributed by atoms with Gasteiger partial charge in [0.2, 0.25) is 5.91 Å². The molecule has 1 aliphatic heterocycles. The first-order chi connectivity index (χ1) is 11.2. The number of rotatable bonds is 3. The van der Waals surface area contributed by atoms with E-state index in [0.29, 0.717) is 18.8 Å². The normalized spacial score (nSPS) is 23.1. The standard InChI is InChI=1S/C16H25N5O3/c1-15(2,3)14-17-19-21(18-14)9-12(22)20-10-16(6-4-5-7-16)8-11(20)13(23)24/h11H,4-10H2,1-3H3,(H,23,24). The summed E-state index contributed by atoms with van der Waals surface area (Å²) in [6.07, 6.45) is 4.82. The minimum absolute atomic E-state index is 0.00885. The molecule has 8 heteroatoms. The molecule has 1 aromatic heterocycles. The Morgan fingerprint density at radius 1 is 1.29 bits per heavy atom. The van der Waals surface area contributed by atoms with Gasteiger partial charge in [-0.3, -0.25) is 4.79 Å². The van der Waals surface area contributed by atoms with Crippen LogP contribution in [0.2, 0.25) is 0 Å². The second-order valence-corrected chi connectivity index (χ2v) is 8.18. The lowest BCUT2D eigenvalue weighted by atomic mass is 9.84. The number of amides is 1. The molecule has 1 atom stereocenters. The summed E-state index contributed by atoms with van der Waals surface area (Å²) in [6.45, 7) is 6.38. The molecule has 132 valence electrons. The highest BCUT2D eigenvalue weighted by Gasteiger charge is 2.49. The van der Waals surface area contributed by atoms with E-state index in [1.807, 2.05) is 20.8 Å². The van der Waals surface area contributed by atoms with E-state index < -0.39 is 12.0 Å². The summed E-state index contributed by atoms with van der Waals surface area (Å²) in [7, 11) is 0. The van der Waals surface area contributed by atoms with E-state index in [-0.39, 0.29) is 23.3 Å². The molecule has 0 bridgehead atoms. The largest absolute Gasteiger partial charge is 0.480 e. The fourth-order valence-corrected chi connectivity index (χ4v) is 3.85. The molecule has 0 aromatic carbocycles. The fraction of sp³-hybridized carbons (Fsp3) is 0.812. The maximum absolute atomic E-state index is 12.7. The Hall–Kier alpha value is -1.99. The summed E-state index contributed by atoms with van der Waals surface area (Å²) in [6, 6.07) is -0.735. The molecular formula is C16H25N5O3. The molecule has 1 saturated carbocycles. The van der Waals surface area contributed by atoms with Crippen LogP contribution >= 0.6 is 0 Å². The molecule has 24 heavy (non-hydrogen) atoms. The summed E-state index contributed by atoms with van der Waals surface area (Å²) in [5.74, 6) is -0.600. The van der Waals surface area contributed by atoms with Crippen LogP contribution in [0.25, 0.3) is 0 Å². The van der Waals surface area contributed by atoms with E-state index in [9.17, 15) is 14.7 Å². The molecule has 2 heterocycles. The Morgan fingerprint density at radius 2 is 1.96 bits per heavy atom. The monoisotopic (exact) mass is 335 g/mol. The van der Waals surface area contributed by atoms with Crippen LogP contribution in [0.3, 0.4) is 0 Å².